The molecule has 0 atom stereocenters. The molecule has 0 unspecified atom stereocenters. The number of methoxy groups -OCH3 is 2. The highest BCUT2D eigenvalue weighted by Crippen LogP contribution is 2.36. The van der Waals surface area contributed by atoms with Crippen molar-refractivity contribution in [1.82, 2.24) is 0 Å². The van der Waals surface area contributed by atoms with Gasteiger partial charge in [0.15, 0.2) is 0 Å². The number of hydrogen-bond acceptors (Lipinski definition) is 4. The molecule has 0 bridgehead atoms. The van der Waals surface area contributed by atoms with Gasteiger partial charge in [-0.25, -0.2) is 4.79 Å². The van der Waals surface area contributed by atoms with E-state index in [0.29, 0.717) is 6.07 Å². The fourth-order valence-electron chi connectivity index (χ4n) is 1.35. The largest absolute Gasteiger partial charge is 0.496 e. The van der Waals surface area contributed by atoms with Crippen molar-refractivity contribution in [2.45, 2.75) is 6.18 Å². The molecule has 0 aliphatic heterocycles. The maximum atomic E-state index is 12.6. The molecule has 1 aromatic carbocycles. The van der Waals surface area contributed by atoms with Gasteiger partial charge < -0.3 is 9.47 Å². The lowest BCUT2D eigenvalue weighted by molar-refractivity contribution is -0.137. The molecule has 0 aliphatic rings. The monoisotopic (exact) mass is 259 g/mol. The number of carbonyl (C=O) groups excluding carboxylic acids is 1. The van der Waals surface area contributed by atoms with Crippen LogP contribution in [0.5, 0.6) is 5.75 Å². The number of halogens is 3. The zero-order valence-electron chi connectivity index (χ0n) is 9.46. The van der Waals surface area contributed by atoms with Gasteiger partial charge in [-0.1, -0.05) is 0 Å². The van der Waals surface area contributed by atoms with Gasteiger partial charge in [-0.15, -0.1) is 0 Å². The maximum absolute atomic E-state index is 12.6. The SMILES string of the molecule is COC(=O)c1cc(C#N)c(C(F)(F)F)cc1OC. The predicted molar refractivity (Wildman–Crippen MR) is 54.1 cm³/mol. The number of ether oxygens (including phenoxy) is 2. The van der Waals surface area contributed by atoms with Crippen LogP contribution in [0.1, 0.15) is 21.5 Å². The summed E-state index contributed by atoms with van der Waals surface area (Å²) in [5.74, 6) is -1.18. The quantitative estimate of drug-likeness (QED) is 0.765. The molecule has 0 fully saturated rings. The van der Waals surface area contributed by atoms with Crippen LogP contribution in [0.4, 0.5) is 13.2 Å². The first-order valence-corrected chi connectivity index (χ1v) is 4.62. The van der Waals surface area contributed by atoms with Crippen LogP contribution in [-0.2, 0) is 10.9 Å². The van der Waals surface area contributed by atoms with Crippen LogP contribution in [0.3, 0.4) is 0 Å². The minimum absolute atomic E-state index is 0.232. The average molecular weight is 259 g/mol. The molecule has 0 heterocycles. The Morgan fingerprint density at radius 3 is 2.33 bits per heavy atom. The number of benzene rings is 1. The van der Waals surface area contributed by atoms with Crippen LogP contribution in [-0.4, -0.2) is 20.2 Å². The molecule has 0 aromatic heterocycles. The van der Waals surface area contributed by atoms with Gasteiger partial charge in [0.1, 0.15) is 11.3 Å². The maximum Gasteiger partial charge on any atom is 0.417 e. The van der Waals surface area contributed by atoms with Gasteiger partial charge in [0.25, 0.3) is 0 Å². The van der Waals surface area contributed by atoms with E-state index >= 15 is 0 Å². The Morgan fingerprint density at radius 1 is 1.33 bits per heavy atom. The first kappa shape index (κ1) is 13.8. The zero-order valence-corrected chi connectivity index (χ0v) is 9.46. The molecular formula is C11H8F3NO3. The molecule has 18 heavy (non-hydrogen) atoms. The molecule has 0 saturated heterocycles. The minimum atomic E-state index is -4.70. The summed E-state index contributed by atoms with van der Waals surface area (Å²) in [6, 6.07) is 2.79. The lowest BCUT2D eigenvalue weighted by atomic mass is 10.0. The van der Waals surface area contributed by atoms with Crippen LogP contribution in [0.2, 0.25) is 0 Å². The second kappa shape index (κ2) is 4.96. The Labute approximate surface area is 101 Å². The van der Waals surface area contributed by atoms with Gasteiger partial charge in [0.05, 0.1) is 31.4 Å². The van der Waals surface area contributed by atoms with Gasteiger partial charge in [-0.3, -0.25) is 0 Å². The molecule has 1 aromatic rings. The van der Waals surface area contributed by atoms with Crippen molar-refractivity contribution >= 4 is 5.97 Å². The number of esters is 1. The molecule has 0 N–H and O–H groups in total. The van der Waals surface area contributed by atoms with Crippen molar-refractivity contribution in [2.75, 3.05) is 14.2 Å². The van der Waals surface area contributed by atoms with E-state index in [0.717, 1.165) is 20.3 Å². The van der Waals surface area contributed by atoms with Crippen LogP contribution in [0.15, 0.2) is 12.1 Å². The average Bonchev–Trinajstić information content (AvgIpc) is 2.34. The van der Waals surface area contributed by atoms with Gasteiger partial charge >= 0.3 is 12.1 Å². The summed E-state index contributed by atoms with van der Waals surface area (Å²) in [6.07, 6.45) is -4.70. The van der Waals surface area contributed by atoms with Gasteiger partial charge in [-0.2, -0.15) is 18.4 Å². The van der Waals surface area contributed by atoms with Gasteiger partial charge in [0.2, 0.25) is 0 Å². The summed E-state index contributed by atoms with van der Waals surface area (Å²) in [4.78, 5) is 11.3. The minimum Gasteiger partial charge on any atom is -0.496 e. The molecule has 0 saturated carbocycles. The van der Waals surface area contributed by atoms with Crippen molar-refractivity contribution in [3.63, 3.8) is 0 Å². The highest BCUT2D eigenvalue weighted by molar-refractivity contribution is 5.93. The van der Waals surface area contributed by atoms with E-state index in [2.05, 4.69) is 4.74 Å². The van der Waals surface area contributed by atoms with Crippen LogP contribution in [0, 0.1) is 11.3 Å². The van der Waals surface area contributed by atoms with E-state index in [-0.39, 0.29) is 11.3 Å². The molecule has 7 heteroatoms. The topological polar surface area (TPSA) is 59.3 Å². The van der Waals surface area contributed by atoms with Crippen LogP contribution in [0.25, 0.3) is 0 Å². The summed E-state index contributed by atoms with van der Waals surface area (Å²) in [6.45, 7) is 0. The number of carbonyl (C=O) groups is 1. The van der Waals surface area contributed by atoms with Crippen molar-refractivity contribution in [1.29, 1.82) is 5.26 Å². The van der Waals surface area contributed by atoms with Gasteiger partial charge in [0, 0.05) is 0 Å². The third-order valence-electron chi connectivity index (χ3n) is 2.17. The van der Waals surface area contributed by atoms with E-state index in [1.807, 2.05) is 0 Å². The number of hydrogen-bond donors (Lipinski definition) is 0. The Hall–Kier alpha value is -2.23. The van der Waals surface area contributed by atoms with E-state index in [4.69, 9.17) is 10.00 Å². The Balaban J connectivity index is 3.53. The first-order valence-electron chi connectivity index (χ1n) is 4.62. The van der Waals surface area contributed by atoms with E-state index < -0.39 is 23.3 Å². The smallest absolute Gasteiger partial charge is 0.417 e. The normalized spacial score (nSPS) is 10.7. The standard InChI is InChI=1S/C11H8F3NO3/c1-17-9-4-8(11(12,13)14)6(5-15)3-7(9)10(16)18-2/h3-4H,1-2H3. The molecule has 0 radical (unpaired) electrons. The molecule has 0 amide bonds. The van der Waals surface area contributed by atoms with Crippen molar-refractivity contribution in [3.8, 4) is 11.8 Å². The van der Waals surface area contributed by atoms with E-state index in [1.54, 1.807) is 0 Å². The highest BCUT2D eigenvalue weighted by atomic mass is 19.4. The third kappa shape index (κ3) is 2.53. The van der Waals surface area contributed by atoms with Crippen molar-refractivity contribution in [2.24, 2.45) is 0 Å². The molecule has 1 rings (SSSR count). The number of alkyl halides is 3. The van der Waals surface area contributed by atoms with E-state index in [9.17, 15) is 18.0 Å². The lowest BCUT2D eigenvalue weighted by Crippen LogP contribution is -2.12. The second-order valence-electron chi connectivity index (χ2n) is 3.20. The Kier molecular flexibility index (Phi) is 3.81. The highest BCUT2D eigenvalue weighted by Gasteiger charge is 2.35. The Bertz CT molecular complexity index is 517. The van der Waals surface area contributed by atoms with Crippen molar-refractivity contribution in [3.05, 3.63) is 28.8 Å². The zero-order chi connectivity index (χ0) is 13.9. The summed E-state index contributed by atoms with van der Waals surface area (Å²) in [5, 5.41) is 8.68. The number of nitrogens with zero attached hydrogens (tertiary/aromatic N) is 1. The molecule has 4 nitrogen and oxygen atoms in total. The number of nitriles is 1. The van der Waals surface area contributed by atoms with Gasteiger partial charge in [-0.05, 0) is 12.1 Å². The van der Waals surface area contributed by atoms with Crippen LogP contribution >= 0.6 is 0 Å². The second-order valence-corrected chi connectivity index (χ2v) is 3.20. The summed E-state index contributed by atoms with van der Waals surface area (Å²) in [5.41, 5.74) is -2.05. The van der Waals surface area contributed by atoms with E-state index in [1.165, 1.54) is 6.07 Å². The molecular weight excluding hydrogens is 251 g/mol. The molecule has 0 aliphatic carbocycles. The third-order valence-corrected chi connectivity index (χ3v) is 2.17. The predicted octanol–water partition coefficient (Wildman–Crippen LogP) is 2.37. The lowest BCUT2D eigenvalue weighted by Gasteiger charge is -2.13. The first-order chi connectivity index (χ1) is 8.35. The summed E-state index contributed by atoms with van der Waals surface area (Å²) in [7, 11) is 2.19. The Morgan fingerprint density at radius 2 is 1.94 bits per heavy atom. The fourth-order valence-corrected chi connectivity index (χ4v) is 1.35. The van der Waals surface area contributed by atoms with Crippen LogP contribution < -0.4 is 4.74 Å². The fraction of sp³-hybridized carbons (Fsp3) is 0.273. The molecule has 96 valence electrons. The number of rotatable bonds is 2. The summed E-state index contributed by atoms with van der Waals surface area (Å²) < 4.78 is 47.0. The molecule has 0 spiro atoms. The summed E-state index contributed by atoms with van der Waals surface area (Å²) >= 11 is 0. The van der Waals surface area contributed by atoms with Crippen molar-refractivity contribution < 1.29 is 27.4 Å².